The molecule has 1 N–H and O–H groups in total. The number of nitrogens with zero attached hydrogens (tertiary/aromatic N) is 1. The summed E-state index contributed by atoms with van der Waals surface area (Å²) >= 11 is 0. The van der Waals surface area contributed by atoms with Crippen LogP contribution in [0.4, 0.5) is 0 Å². The molecule has 0 unspecified atom stereocenters. The Hall–Kier alpha value is -3.95. The summed E-state index contributed by atoms with van der Waals surface area (Å²) in [7, 11) is 0. The lowest BCUT2D eigenvalue weighted by atomic mass is 9.13. The van der Waals surface area contributed by atoms with Gasteiger partial charge in [0.25, 0.3) is 0 Å². The lowest BCUT2D eigenvalue weighted by Crippen LogP contribution is -2.74. The number of benzene rings is 4. The highest BCUT2D eigenvalue weighted by Gasteiger charge is 2.32. The van der Waals surface area contributed by atoms with Crippen molar-refractivity contribution in [2.24, 2.45) is 0 Å². The molecular formula is C31H28BNO. The van der Waals surface area contributed by atoms with Gasteiger partial charge in [-0.3, -0.25) is 0 Å². The molecule has 3 heteroatoms. The highest BCUT2D eigenvalue weighted by atomic mass is 16.3. The summed E-state index contributed by atoms with van der Waals surface area (Å²) < 4.78 is 2.11. The van der Waals surface area contributed by atoms with Crippen LogP contribution in [0.5, 0.6) is 0 Å². The monoisotopic (exact) mass is 441 g/mol. The van der Waals surface area contributed by atoms with Crippen LogP contribution >= 0.6 is 0 Å². The van der Waals surface area contributed by atoms with Gasteiger partial charge in [0, 0.05) is 17.7 Å². The minimum absolute atomic E-state index is 0.104. The van der Waals surface area contributed by atoms with Gasteiger partial charge in [-0.25, -0.2) is 0 Å². The first-order valence-electron chi connectivity index (χ1n) is 11.9. The Balaban J connectivity index is 1.82. The maximum absolute atomic E-state index is 9.60. The number of hydrogen-bond acceptors (Lipinski definition) is 1. The Morgan fingerprint density at radius 1 is 0.529 bits per heavy atom. The predicted molar refractivity (Wildman–Crippen MR) is 143 cm³/mol. The third kappa shape index (κ3) is 3.96. The molecule has 0 amide bonds. The second-order valence-electron chi connectivity index (χ2n) is 8.73. The maximum Gasteiger partial charge on any atom is 0.212 e. The number of rotatable bonds is 7. The smallest absolute Gasteiger partial charge is 0.212 e. The van der Waals surface area contributed by atoms with Crippen LogP contribution in [0, 0.1) is 0 Å². The summed E-state index contributed by atoms with van der Waals surface area (Å²) in [5.74, 6) is 0. The molecule has 0 aliphatic rings. The topological polar surface area (TPSA) is 24.1 Å². The molecule has 166 valence electrons. The van der Waals surface area contributed by atoms with E-state index in [2.05, 4.69) is 132 Å². The predicted octanol–water partition coefficient (Wildman–Crippen LogP) is 3.01. The molecular weight excluding hydrogens is 413 g/mol. The van der Waals surface area contributed by atoms with Crippen LogP contribution in [0.15, 0.2) is 140 Å². The van der Waals surface area contributed by atoms with Gasteiger partial charge in [-0.05, 0) is 12.1 Å². The molecule has 1 aromatic heterocycles. The molecule has 4 aromatic carbocycles. The summed E-state index contributed by atoms with van der Waals surface area (Å²) in [6, 6.07) is 47.6. The van der Waals surface area contributed by atoms with Crippen molar-refractivity contribution in [3.8, 4) is 11.3 Å². The molecule has 0 spiro atoms. The minimum Gasteiger partial charge on any atom is -0.390 e. The zero-order chi connectivity index (χ0) is 23.2. The van der Waals surface area contributed by atoms with Gasteiger partial charge in [0.15, 0.2) is 12.7 Å². The van der Waals surface area contributed by atoms with Gasteiger partial charge in [0.05, 0.1) is 0 Å². The summed E-state index contributed by atoms with van der Waals surface area (Å²) in [6.07, 6.45) is 0.617. The van der Waals surface area contributed by atoms with Crippen molar-refractivity contribution >= 4 is 28.0 Å². The average molecular weight is 441 g/mol. The molecule has 34 heavy (non-hydrogen) atoms. The van der Waals surface area contributed by atoms with E-state index in [0.29, 0.717) is 6.54 Å². The van der Waals surface area contributed by atoms with Gasteiger partial charge >= 0.3 is 0 Å². The van der Waals surface area contributed by atoms with Crippen molar-refractivity contribution in [3.05, 3.63) is 140 Å². The minimum atomic E-state index is -1.41. The van der Waals surface area contributed by atoms with Gasteiger partial charge in [0.2, 0.25) is 5.69 Å². The second-order valence-corrected chi connectivity index (χ2v) is 8.73. The van der Waals surface area contributed by atoms with Crippen LogP contribution in [-0.4, -0.2) is 17.9 Å². The highest BCUT2D eigenvalue weighted by molar-refractivity contribution is 7.19. The van der Waals surface area contributed by atoms with E-state index >= 15 is 0 Å². The van der Waals surface area contributed by atoms with Crippen LogP contribution in [0.1, 0.15) is 0 Å². The van der Waals surface area contributed by atoms with Crippen LogP contribution in [-0.2, 0) is 6.54 Å². The summed E-state index contributed by atoms with van der Waals surface area (Å²) in [4.78, 5) is 0. The fraction of sp³-hybridized carbons (Fsp3) is 0.0645. The van der Waals surface area contributed by atoms with Crippen molar-refractivity contribution in [1.29, 1.82) is 0 Å². The molecule has 0 aliphatic heterocycles. The van der Waals surface area contributed by atoms with E-state index in [1.165, 1.54) is 21.9 Å². The van der Waals surface area contributed by atoms with Crippen molar-refractivity contribution < 1.29 is 9.67 Å². The fourth-order valence-corrected chi connectivity index (χ4v) is 5.39. The van der Waals surface area contributed by atoms with Crippen molar-refractivity contribution in [2.45, 2.75) is 6.54 Å². The van der Waals surface area contributed by atoms with E-state index in [1.54, 1.807) is 0 Å². The molecule has 0 fully saturated rings. The van der Waals surface area contributed by atoms with Crippen molar-refractivity contribution in [2.75, 3.05) is 6.61 Å². The van der Waals surface area contributed by atoms with Crippen molar-refractivity contribution in [1.82, 2.24) is 0 Å². The number of pyridine rings is 1. The molecule has 0 bridgehead atoms. The second kappa shape index (κ2) is 9.90. The Kier molecular flexibility index (Phi) is 6.37. The van der Waals surface area contributed by atoms with Gasteiger partial charge < -0.3 is 5.11 Å². The summed E-state index contributed by atoms with van der Waals surface area (Å²) in [5.41, 5.74) is 7.36. The molecule has 0 aliphatic carbocycles. The Morgan fingerprint density at radius 2 is 1.03 bits per heavy atom. The average Bonchev–Trinajstić information content (AvgIpc) is 2.92. The third-order valence-electron chi connectivity index (χ3n) is 6.86. The number of aliphatic hydroxyl groups is 1. The van der Waals surface area contributed by atoms with E-state index in [0.717, 1.165) is 11.3 Å². The molecule has 5 rings (SSSR count). The first-order valence-corrected chi connectivity index (χ1v) is 11.9. The highest BCUT2D eigenvalue weighted by Crippen LogP contribution is 2.17. The van der Waals surface area contributed by atoms with E-state index in [1.807, 2.05) is 12.3 Å². The molecule has 2 nitrogen and oxygen atoms in total. The van der Waals surface area contributed by atoms with E-state index in [9.17, 15) is 5.11 Å². The van der Waals surface area contributed by atoms with Gasteiger partial charge in [-0.2, -0.15) is 26.4 Å². The third-order valence-corrected chi connectivity index (χ3v) is 6.86. The molecule has 0 saturated heterocycles. The number of aliphatic hydroxyl groups excluding tert-OH is 1. The first kappa shape index (κ1) is 21.9. The van der Waals surface area contributed by atoms with E-state index < -0.39 is 6.15 Å². The lowest BCUT2D eigenvalue weighted by Gasteiger charge is -2.44. The van der Waals surface area contributed by atoms with Gasteiger partial charge in [-0.15, -0.1) is 0 Å². The normalized spacial score (nSPS) is 11.3. The van der Waals surface area contributed by atoms with Gasteiger partial charge in [0.1, 0.15) is 12.8 Å². The van der Waals surface area contributed by atoms with Crippen molar-refractivity contribution in [3.63, 3.8) is 0 Å². The van der Waals surface area contributed by atoms with E-state index in [4.69, 9.17) is 0 Å². The molecule has 5 aromatic rings. The van der Waals surface area contributed by atoms with Crippen LogP contribution in [0.25, 0.3) is 11.3 Å². The SMILES string of the molecule is OCC[n+]1ccccc1-c1cccc([B-](c2ccccc2)(c2ccccc2)c2ccccc2)c1. The number of hydrogen-bond donors (Lipinski definition) is 1. The van der Waals surface area contributed by atoms with Crippen LogP contribution < -0.4 is 26.4 Å². The van der Waals surface area contributed by atoms with Crippen LogP contribution in [0.2, 0.25) is 0 Å². The van der Waals surface area contributed by atoms with Crippen LogP contribution in [0.3, 0.4) is 0 Å². The Labute approximate surface area is 201 Å². The maximum atomic E-state index is 9.60. The largest absolute Gasteiger partial charge is 0.390 e. The Morgan fingerprint density at radius 3 is 1.56 bits per heavy atom. The summed E-state index contributed by atoms with van der Waals surface area (Å²) in [6.45, 7) is 0.667. The standard InChI is InChI=1S/C31H28BNO/c34-24-23-33-22-11-10-21-31(33)26-13-12-20-30(25-26)32(27-14-4-1-5-15-27,28-16-6-2-7-17-28)29-18-8-3-9-19-29/h1-22,25,34H,23-24H2. The summed E-state index contributed by atoms with van der Waals surface area (Å²) in [5, 5.41) is 9.60. The van der Waals surface area contributed by atoms with E-state index in [-0.39, 0.29) is 6.61 Å². The van der Waals surface area contributed by atoms with Gasteiger partial charge in [-0.1, -0.05) is 109 Å². The quantitative estimate of drug-likeness (QED) is 0.305. The molecule has 0 saturated carbocycles. The molecule has 1 heterocycles. The number of aromatic nitrogens is 1. The zero-order valence-electron chi connectivity index (χ0n) is 19.2. The molecule has 0 radical (unpaired) electrons. The Bertz CT molecular complexity index is 1260. The fourth-order valence-electron chi connectivity index (χ4n) is 5.39. The zero-order valence-corrected chi connectivity index (χ0v) is 19.2. The first-order chi connectivity index (χ1) is 16.8. The molecule has 0 atom stereocenters. The lowest BCUT2D eigenvalue weighted by molar-refractivity contribution is -0.687.